The number of fused-ring (bicyclic) bond motifs is 1. The van der Waals surface area contributed by atoms with Crippen molar-refractivity contribution < 1.29 is 4.74 Å². The van der Waals surface area contributed by atoms with Crippen LogP contribution in [0.5, 0.6) is 0 Å². The van der Waals surface area contributed by atoms with Gasteiger partial charge in [0.25, 0.3) is 0 Å². The summed E-state index contributed by atoms with van der Waals surface area (Å²) in [5.74, 6) is 0.656. The van der Waals surface area contributed by atoms with Gasteiger partial charge >= 0.3 is 0 Å². The molecule has 1 saturated heterocycles. The quantitative estimate of drug-likeness (QED) is 0.886. The van der Waals surface area contributed by atoms with Gasteiger partial charge in [0.2, 0.25) is 5.95 Å². The monoisotopic (exact) mass is 305 g/mol. The van der Waals surface area contributed by atoms with Crippen LogP contribution >= 0.6 is 11.3 Å². The minimum absolute atomic E-state index is 0.209. The van der Waals surface area contributed by atoms with E-state index in [4.69, 9.17) is 16.2 Å². The zero-order chi connectivity index (χ0) is 14.8. The SMILES string of the molecule is C=Cc1c(CCN2CCOCC2)sc2c(N)nc(N)nc12. The lowest BCUT2D eigenvalue weighted by Crippen LogP contribution is -2.37. The maximum absolute atomic E-state index is 5.95. The van der Waals surface area contributed by atoms with Crippen LogP contribution in [0.2, 0.25) is 0 Å². The molecule has 0 spiro atoms. The van der Waals surface area contributed by atoms with Gasteiger partial charge in [-0.2, -0.15) is 4.98 Å². The van der Waals surface area contributed by atoms with Crippen molar-refractivity contribution in [3.8, 4) is 0 Å². The van der Waals surface area contributed by atoms with E-state index < -0.39 is 0 Å². The largest absolute Gasteiger partial charge is 0.382 e. The van der Waals surface area contributed by atoms with E-state index >= 15 is 0 Å². The Hall–Kier alpha value is -1.70. The van der Waals surface area contributed by atoms with Gasteiger partial charge in [0, 0.05) is 30.1 Å². The summed E-state index contributed by atoms with van der Waals surface area (Å²) >= 11 is 1.64. The highest BCUT2D eigenvalue weighted by atomic mass is 32.1. The van der Waals surface area contributed by atoms with Gasteiger partial charge < -0.3 is 16.2 Å². The van der Waals surface area contributed by atoms with Crippen LogP contribution in [0.3, 0.4) is 0 Å². The van der Waals surface area contributed by atoms with E-state index in [1.807, 2.05) is 6.08 Å². The molecule has 1 aliphatic heterocycles. The standard InChI is InChI=1S/C14H19N5OS/c1-2-9-10(3-4-19-5-7-20-8-6-19)21-12-11(9)17-14(16)18-13(12)15/h2H,1,3-8H2,(H4,15,16,17,18). The van der Waals surface area contributed by atoms with Crippen LogP contribution in [0.4, 0.5) is 11.8 Å². The molecule has 1 aliphatic rings. The Balaban J connectivity index is 1.87. The number of nitrogen functional groups attached to an aromatic ring is 2. The molecule has 0 aromatic carbocycles. The number of nitrogens with two attached hydrogens (primary N) is 2. The first-order chi connectivity index (χ1) is 10.2. The third-order valence-corrected chi connectivity index (χ3v) is 4.93. The minimum atomic E-state index is 0.209. The first kappa shape index (κ1) is 14.2. The third kappa shape index (κ3) is 2.85. The Morgan fingerprint density at radius 2 is 2.05 bits per heavy atom. The summed E-state index contributed by atoms with van der Waals surface area (Å²) in [4.78, 5) is 12.0. The number of hydrogen-bond donors (Lipinski definition) is 2. The molecule has 0 amide bonds. The van der Waals surface area contributed by atoms with Crippen LogP contribution in [0.25, 0.3) is 16.3 Å². The van der Waals surface area contributed by atoms with Crippen LogP contribution in [0, 0.1) is 0 Å². The van der Waals surface area contributed by atoms with Crippen molar-refractivity contribution in [2.24, 2.45) is 0 Å². The number of hydrogen-bond acceptors (Lipinski definition) is 7. The summed E-state index contributed by atoms with van der Waals surface area (Å²) in [6.45, 7) is 8.51. The van der Waals surface area contributed by atoms with Crippen LogP contribution < -0.4 is 11.5 Å². The van der Waals surface area contributed by atoms with Crippen molar-refractivity contribution in [1.82, 2.24) is 14.9 Å². The van der Waals surface area contributed by atoms with E-state index in [9.17, 15) is 0 Å². The molecule has 0 saturated carbocycles. The van der Waals surface area contributed by atoms with Gasteiger partial charge in [0.05, 0.1) is 23.4 Å². The highest BCUT2D eigenvalue weighted by Crippen LogP contribution is 2.34. The third-order valence-electron chi connectivity index (χ3n) is 3.65. The van der Waals surface area contributed by atoms with Gasteiger partial charge in [0.15, 0.2) is 0 Å². The Morgan fingerprint density at radius 3 is 2.76 bits per heavy atom. The molecule has 0 radical (unpaired) electrons. The number of morpholine rings is 1. The Kier molecular flexibility index (Phi) is 4.05. The van der Waals surface area contributed by atoms with E-state index in [-0.39, 0.29) is 5.95 Å². The molecule has 112 valence electrons. The molecule has 0 aliphatic carbocycles. The molecule has 7 heteroatoms. The second-order valence-electron chi connectivity index (χ2n) is 4.99. The molecule has 2 aromatic heterocycles. The smallest absolute Gasteiger partial charge is 0.222 e. The number of nitrogens with zero attached hydrogens (tertiary/aromatic N) is 3. The molecule has 6 nitrogen and oxygen atoms in total. The maximum atomic E-state index is 5.95. The molecule has 3 rings (SSSR count). The molecule has 3 heterocycles. The lowest BCUT2D eigenvalue weighted by molar-refractivity contribution is 0.0385. The molecule has 4 N–H and O–H groups in total. The lowest BCUT2D eigenvalue weighted by atomic mass is 10.1. The summed E-state index contributed by atoms with van der Waals surface area (Å²) in [7, 11) is 0. The Bertz CT molecular complexity index is 663. The second kappa shape index (κ2) is 5.97. The van der Waals surface area contributed by atoms with Crippen LogP contribution in [0.1, 0.15) is 10.4 Å². The molecule has 1 fully saturated rings. The normalized spacial score (nSPS) is 16.4. The number of aromatic nitrogens is 2. The summed E-state index contributed by atoms with van der Waals surface area (Å²) in [5, 5.41) is 0. The fourth-order valence-electron chi connectivity index (χ4n) is 2.56. The molecule has 0 atom stereocenters. The van der Waals surface area contributed by atoms with Crippen LogP contribution in [0.15, 0.2) is 6.58 Å². The minimum Gasteiger partial charge on any atom is -0.382 e. The molecule has 21 heavy (non-hydrogen) atoms. The number of thiophene rings is 1. The highest BCUT2D eigenvalue weighted by Gasteiger charge is 2.17. The summed E-state index contributed by atoms with van der Waals surface area (Å²) in [6.07, 6.45) is 2.78. The Labute approximate surface area is 127 Å². The van der Waals surface area contributed by atoms with Gasteiger partial charge in [-0.1, -0.05) is 12.7 Å². The van der Waals surface area contributed by atoms with Crippen molar-refractivity contribution >= 4 is 39.4 Å². The van der Waals surface area contributed by atoms with Gasteiger partial charge in [-0.15, -0.1) is 11.3 Å². The lowest BCUT2D eigenvalue weighted by Gasteiger charge is -2.26. The number of rotatable bonds is 4. The van der Waals surface area contributed by atoms with Crippen molar-refractivity contribution in [1.29, 1.82) is 0 Å². The fraction of sp³-hybridized carbons (Fsp3) is 0.429. The Morgan fingerprint density at radius 1 is 1.29 bits per heavy atom. The van der Waals surface area contributed by atoms with Crippen molar-refractivity contribution in [2.75, 3.05) is 44.3 Å². The second-order valence-corrected chi connectivity index (χ2v) is 6.10. The average molecular weight is 305 g/mol. The first-order valence-electron chi connectivity index (χ1n) is 6.96. The van der Waals surface area contributed by atoms with Crippen LogP contribution in [-0.2, 0) is 11.2 Å². The van der Waals surface area contributed by atoms with Crippen molar-refractivity contribution in [3.63, 3.8) is 0 Å². The highest BCUT2D eigenvalue weighted by molar-refractivity contribution is 7.19. The van der Waals surface area contributed by atoms with Crippen LogP contribution in [-0.4, -0.2) is 47.7 Å². The topological polar surface area (TPSA) is 90.3 Å². The van der Waals surface area contributed by atoms with Crippen molar-refractivity contribution in [3.05, 3.63) is 17.0 Å². The number of ether oxygens (including phenoxy) is 1. The summed E-state index contributed by atoms with van der Waals surface area (Å²) in [6, 6.07) is 0. The summed E-state index contributed by atoms with van der Waals surface area (Å²) in [5.41, 5.74) is 13.5. The maximum Gasteiger partial charge on any atom is 0.222 e. The summed E-state index contributed by atoms with van der Waals surface area (Å²) < 4.78 is 6.27. The number of anilines is 2. The van der Waals surface area contributed by atoms with Gasteiger partial charge in [-0.25, -0.2) is 4.98 Å². The van der Waals surface area contributed by atoms with Gasteiger partial charge in [-0.3, -0.25) is 4.90 Å². The van der Waals surface area contributed by atoms with E-state index in [0.29, 0.717) is 5.82 Å². The molecule has 2 aromatic rings. The first-order valence-corrected chi connectivity index (χ1v) is 7.77. The van der Waals surface area contributed by atoms with Gasteiger partial charge in [0.1, 0.15) is 5.82 Å². The van der Waals surface area contributed by atoms with E-state index in [0.717, 1.165) is 55.0 Å². The molecular formula is C14H19N5OS. The predicted molar refractivity (Wildman–Crippen MR) is 87.3 cm³/mol. The zero-order valence-corrected chi connectivity index (χ0v) is 12.7. The van der Waals surface area contributed by atoms with E-state index in [2.05, 4.69) is 21.4 Å². The average Bonchev–Trinajstić information content (AvgIpc) is 2.84. The van der Waals surface area contributed by atoms with Crippen molar-refractivity contribution in [2.45, 2.75) is 6.42 Å². The van der Waals surface area contributed by atoms with E-state index in [1.165, 1.54) is 4.88 Å². The molecule has 0 bridgehead atoms. The van der Waals surface area contributed by atoms with Gasteiger partial charge in [-0.05, 0) is 6.42 Å². The molecular weight excluding hydrogens is 286 g/mol. The van der Waals surface area contributed by atoms with E-state index in [1.54, 1.807) is 11.3 Å². The molecule has 0 unspecified atom stereocenters. The predicted octanol–water partition coefficient (Wildman–Crippen LogP) is 1.37. The zero-order valence-electron chi connectivity index (χ0n) is 11.8. The fourth-order valence-corrected chi connectivity index (χ4v) is 3.69.